The first-order valence-corrected chi connectivity index (χ1v) is 10.7. The average Bonchev–Trinajstić information content (AvgIpc) is 2.74. The number of rotatable bonds is 5. The largest absolute Gasteiger partial charge is 0.300 e. The molecular weight excluding hydrogens is 330 g/mol. The molecule has 1 N–H and O–H groups in total. The van der Waals surface area contributed by atoms with E-state index in [4.69, 9.17) is 0 Å². The van der Waals surface area contributed by atoms with Crippen LogP contribution in [0.3, 0.4) is 0 Å². The van der Waals surface area contributed by atoms with E-state index >= 15 is 0 Å². The molecule has 0 amide bonds. The van der Waals surface area contributed by atoms with Gasteiger partial charge in [0, 0.05) is 5.54 Å². The SMILES string of the molecule is CCCCC1(CC)CS(=O)(=O)c2c[c]ccc2C(c2ccccc2)N1. The summed E-state index contributed by atoms with van der Waals surface area (Å²) in [6.45, 7) is 4.23. The van der Waals surface area contributed by atoms with Crippen molar-refractivity contribution < 1.29 is 8.42 Å². The third kappa shape index (κ3) is 3.65. The highest BCUT2D eigenvalue weighted by Crippen LogP contribution is 2.37. The van der Waals surface area contributed by atoms with E-state index in [1.54, 1.807) is 12.1 Å². The molecule has 2 aromatic rings. The van der Waals surface area contributed by atoms with E-state index in [2.05, 4.69) is 37.4 Å². The molecule has 133 valence electrons. The van der Waals surface area contributed by atoms with Crippen LogP contribution in [-0.2, 0) is 9.84 Å². The minimum absolute atomic E-state index is 0.125. The molecule has 0 spiro atoms. The minimum Gasteiger partial charge on any atom is -0.300 e. The van der Waals surface area contributed by atoms with E-state index in [1.807, 2.05) is 24.3 Å². The standard InChI is InChI=1S/C21H26NO2S/c1-3-5-15-21(4-2)16-25(23,24)19-14-10-9-13-18(19)20(22-21)17-11-7-6-8-12-17/h6-9,11-14,20,22H,3-5,15-16H2,1-2H3. The number of hydrogen-bond donors (Lipinski definition) is 1. The lowest BCUT2D eigenvalue weighted by Gasteiger charge is -2.35. The number of benzene rings is 2. The Bertz CT molecular complexity index is 817. The van der Waals surface area contributed by atoms with Gasteiger partial charge in [0.1, 0.15) is 0 Å². The fourth-order valence-corrected chi connectivity index (χ4v) is 5.86. The molecular formula is C21H26NO2S. The summed E-state index contributed by atoms with van der Waals surface area (Å²) in [6.07, 6.45) is 3.72. The van der Waals surface area contributed by atoms with Gasteiger partial charge < -0.3 is 0 Å². The van der Waals surface area contributed by atoms with Crippen LogP contribution in [-0.4, -0.2) is 19.7 Å². The quantitative estimate of drug-likeness (QED) is 0.869. The number of unbranched alkanes of at least 4 members (excludes halogenated alkanes) is 1. The highest BCUT2D eigenvalue weighted by atomic mass is 32.2. The molecule has 1 aliphatic heterocycles. The Hall–Kier alpha value is -1.65. The van der Waals surface area contributed by atoms with Crippen LogP contribution in [0.15, 0.2) is 53.4 Å². The normalized spacial score (nSPS) is 25.1. The average molecular weight is 357 g/mol. The van der Waals surface area contributed by atoms with E-state index in [0.717, 1.165) is 36.8 Å². The van der Waals surface area contributed by atoms with Gasteiger partial charge in [-0.15, -0.1) is 0 Å². The predicted molar refractivity (Wildman–Crippen MR) is 101 cm³/mol. The van der Waals surface area contributed by atoms with Gasteiger partial charge in [-0.2, -0.15) is 0 Å². The monoisotopic (exact) mass is 356 g/mol. The molecule has 0 aliphatic carbocycles. The van der Waals surface area contributed by atoms with Crippen LogP contribution in [0.4, 0.5) is 0 Å². The van der Waals surface area contributed by atoms with Crippen LogP contribution in [0.25, 0.3) is 0 Å². The summed E-state index contributed by atoms with van der Waals surface area (Å²) in [5, 5.41) is 3.75. The Balaban J connectivity index is 2.17. The summed E-state index contributed by atoms with van der Waals surface area (Å²) >= 11 is 0. The van der Waals surface area contributed by atoms with E-state index in [-0.39, 0.29) is 11.8 Å². The molecule has 0 saturated carbocycles. The maximum absolute atomic E-state index is 13.1. The minimum atomic E-state index is -3.36. The van der Waals surface area contributed by atoms with Crippen molar-refractivity contribution in [3.8, 4) is 0 Å². The van der Waals surface area contributed by atoms with Crippen LogP contribution in [0.2, 0.25) is 0 Å². The van der Waals surface area contributed by atoms with Crippen molar-refractivity contribution in [1.29, 1.82) is 0 Å². The molecule has 0 bridgehead atoms. The fraction of sp³-hybridized carbons (Fsp3) is 0.429. The molecule has 3 rings (SSSR count). The predicted octanol–water partition coefficient (Wildman–Crippen LogP) is 4.29. The number of hydrogen-bond acceptors (Lipinski definition) is 3. The molecule has 1 radical (unpaired) electrons. The lowest BCUT2D eigenvalue weighted by Crippen LogP contribution is -2.50. The maximum Gasteiger partial charge on any atom is 0.180 e. The smallest absolute Gasteiger partial charge is 0.180 e. The molecule has 0 saturated heterocycles. The van der Waals surface area contributed by atoms with Crippen molar-refractivity contribution in [3.05, 3.63) is 65.7 Å². The lowest BCUT2D eigenvalue weighted by atomic mass is 9.88. The number of sulfone groups is 1. The molecule has 1 aliphatic rings. The van der Waals surface area contributed by atoms with E-state index in [1.165, 1.54) is 0 Å². The summed E-state index contributed by atoms with van der Waals surface area (Å²) in [7, 11) is -3.36. The molecule has 4 heteroatoms. The zero-order valence-corrected chi connectivity index (χ0v) is 15.8. The van der Waals surface area contributed by atoms with Crippen LogP contribution in [0, 0.1) is 6.07 Å². The molecule has 25 heavy (non-hydrogen) atoms. The van der Waals surface area contributed by atoms with Crippen molar-refractivity contribution in [2.45, 2.75) is 56.0 Å². The van der Waals surface area contributed by atoms with E-state index < -0.39 is 15.4 Å². The highest BCUT2D eigenvalue weighted by molar-refractivity contribution is 7.91. The van der Waals surface area contributed by atoms with Crippen molar-refractivity contribution in [1.82, 2.24) is 5.32 Å². The summed E-state index contributed by atoms with van der Waals surface area (Å²) in [5.74, 6) is 0.144. The van der Waals surface area contributed by atoms with Crippen LogP contribution in [0.5, 0.6) is 0 Å². The van der Waals surface area contributed by atoms with Gasteiger partial charge in [0.25, 0.3) is 0 Å². The topological polar surface area (TPSA) is 46.2 Å². The van der Waals surface area contributed by atoms with E-state index in [0.29, 0.717) is 4.90 Å². The second kappa shape index (κ2) is 7.30. The van der Waals surface area contributed by atoms with E-state index in [9.17, 15) is 8.42 Å². The molecule has 3 nitrogen and oxygen atoms in total. The summed E-state index contributed by atoms with van der Waals surface area (Å²) in [5.41, 5.74) is 1.52. The molecule has 0 aromatic heterocycles. The van der Waals surface area contributed by atoms with Gasteiger partial charge in [0.05, 0.1) is 16.7 Å². The van der Waals surface area contributed by atoms with Gasteiger partial charge >= 0.3 is 0 Å². The fourth-order valence-electron chi connectivity index (χ4n) is 3.75. The maximum atomic E-state index is 13.1. The van der Waals surface area contributed by atoms with Gasteiger partial charge in [-0.25, -0.2) is 8.42 Å². The third-order valence-electron chi connectivity index (χ3n) is 5.24. The van der Waals surface area contributed by atoms with Crippen molar-refractivity contribution in [2.75, 3.05) is 5.75 Å². The number of fused-ring (bicyclic) bond motifs is 1. The lowest BCUT2D eigenvalue weighted by molar-refractivity contribution is 0.295. The summed E-state index contributed by atoms with van der Waals surface area (Å²) in [4.78, 5) is 0.420. The van der Waals surface area contributed by atoms with Crippen LogP contribution >= 0.6 is 0 Å². The molecule has 1 heterocycles. The molecule has 2 aromatic carbocycles. The second-order valence-electron chi connectivity index (χ2n) is 6.95. The summed E-state index contributed by atoms with van der Waals surface area (Å²) in [6, 6.07) is 18.3. The van der Waals surface area contributed by atoms with Gasteiger partial charge in [0.15, 0.2) is 9.84 Å². The Morgan fingerprint density at radius 1 is 1.20 bits per heavy atom. The Kier molecular flexibility index (Phi) is 5.30. The van der Waals surface area contributed by atoms with Crippen molar-refractivity contribution in [3.63, 3.8) is 0 Å². The zero-order chi connectivity index (χ0) is 17.9. The first kappa shape index (κ1) is 18.2. The summed E-state index contributed by atoms with van der Waals surface area (Å²) < 4.78 is 26.3. The van der Waals surface area contributed by atoms with Gasteiger partial charge in [-0.3, -0.25) is 5.32 Å². The van der Waals surface area contributed by atoms with Gasteiger partial charge in [-0.1, -0.05) is 69.2 Å². The van der Waals surface area contributed by atoms with Gasteiger partial charge in [-0.05, 0) is 36.1 Å². The van der Waals surface area contributed by atoms with Crippen molar-refractivity contribution >= 4 is 9.84 Å². The third-order valence-corrected chi connectivity index (χ3v) is 7.20. The van der Waals surface area contributed by atoms with Crippen LogP contribution < -0.4 is 5.32 Å². The Labute approximate surface area is 151 Å². The second-order valence-corrected chi connectivity index (χ2v) is 8.91. The zero-order valence-electron chi connectivity index (χ0n) is 15.0. The first-order chi connectivity index (χ1) is 12.0. The molecule has 2 unspecified atom stereocenters. The van der Waals surface area contributed by atoms with Crippen LogP contribution in [0.1, 0.15) is 56.7 Å². The first-order valence-electron chi connectivity index (χ1n) is 9.07. The molecule has 0 fully saturated rings. The highest BCUT2D eigenvalue weighted by Gasteiger charge is 2.41. The Morgan fingerprint density at radius 3 is 2.64 bits per heavy atom. The molecule has 2 atom stereocenters. The van der Waals surface area contributed by atoms with Gasteiger partial charge in [0.2, 0.25) is 0 Å². The Morgan fingerprint density at radius 2 is 1.96 bits per heavy atom. The number of nitrogens with one attached hydrogen (secondary N) is 1. The van der Waals surface area contributed by atoms with Crippen molar-refractivity contribution in [2.24, 2.45) is 0 Å².